The average molecular weight is 283 g/mol. The molecule has 0 heterocycles. The third-order valence-corrected chi connectivity index (χ3v) is 2.80. The van der Waals surface area contributed by atoms with Crippen LogP contribution >= 0.6 is 15.9 Å². The first-order valence-corrected chi connectivity index (χ1v) is 6.08. The van der Waals surface area contributed by atoms with Gasteiger partial charge in [-0.1, -0.05) is 28.1 Å². The van der Waals surface area contributed by atoms with Crippen LogP contribution in [0.15, 0.2) is 34.8 Å². The number of nitrogens with zero attached hydrogens (tertiary/aromatic N) is 2. The van der Waals surface area contributed by atoms with Crippen molar-refractivity contribution in [2.45, 2.75) is 0 Å². The van der Waals surface area contributed by atoms with Crippen LogP contribution in [0.1, 0.15) is 5.56 Å². The zero-order valence-electron chi connectivity index (χ0n) is 10.4. The number of halogens is 1. The van der Waals surface area contributed by atoms with E-state index < -0.39 is 0 Å². The molecule has 0 saturated heterocycles. The molecule has 2 nitrogen and oxygen atoms in total. The van der Waals surface area contributed by atoms with Crippen molar-refractivity contribution in [1.82, 2.24) is 9.80 Å². The maximum atomic E-state index is 3.45. The summed E-state index contributed by atoms with van der Waals surface area (Å²) >= 11 is 3.45. The minimum Gasteiger partial charge on any atom is -0.377 e. The molecule has 0 N–H and O–H groups in total. The van der Waals surface area contributed by atoms with Crippen LogP contribution in [0.4, 0.5) is 0 Å². The Morgan fingerprint density at radius 2 is 1.69 bits per heavy atom. The van der Waals surface area contributed by atoms with Gasteiger partial charge in [0.25, 0.3) is 0 Å². The largest absolute Gasteiger partial charge is 0.377 e. The highest BCUT2D eigenvalue weighted by Gasteiger charge is 2.03. The third kappa shape index (κ3) is 3.99. The van der Waals surface area contributed by atoms with Gasteiger partial charge >= 0.3 is 0 Å². The molecule has 88 valence electrons. The Bertz CT molecular complexity index is 353. The van der Waals surface area contributed by atoms with Crippen LogP contribution in [0.2, 0.25) is 0 Å². The summed E-state index contributed by atoms with van der Waals surface area (Å²) in [5.41, 5.74) is 2.50. The highest BCUT2D eigenvalue weighted by Crippen LogP contribution is 2.19. The van der Waals surface area contributed by atoms with Crippen molar-refractivity contribution in [3.8, 4) is 0 Å². The van der Waals surface area contributed by atoms with Crippen LogP contribution in [0.3, 0.4) is 0 Å². The molecular weight excluding hydrogens is 264 g/mol. The van der Waals surface area contributed by atoms with Crippen molar-refractivity contribution in [3.63, 3.8) is 0 Å². The van der Waals surface area contributed by atoms with Crippen molar-refractivity contribution in [1.29, 1.82) is 0 Å². The van der Waals surface area contributed by atoms with Crippen molar-refractivity contribution >= 4 is 21.6 Å². The van der Waals surface area contributed by atoms with Gasteiger partial charge in [-0.25, -0.2) is 0 Å². The van der Waals surface area contributed by atoms with E-state index in [2.05, 4.69) is 84.3 Å². The van der Waals surface area contributed by atoms with E-state index in [1.165, 1.54) is 11.3 Å². The van der Waals surface area contributed by atoms with E-state index in [0.717, 1.165) is 11.0 Å². The lowest BCUT2D eigenvalue weighted by Gasteiger charge is -2.19. The zero-order chi connectivity index (χ0) is 12.1. The van der Waals surface area contributed by atoms with E-state index in [1.807, 2.05) is 0 Å². The lowest BCUT2D eigenvalue weighted by atomic mass is 10.1. The summed E-state index contributed by atoms with van der Waals surface area (Å²) < 4.78 is 1.11. The first-order valence-electron chi connectivity index (χ1n) is 5.29. The second-order valence-electron chi connectivity index (χ2n) is 4.25. The molecule has 0 aliphatic heterocycles. The van der Waals surface area contributed by atoms with Gasteiger partial charge in [0, 0.05) is 30.8 Å². The summed E-state index contributed by atoms with van der Waals surface area (Å²) in [4.78, 5) is 4.30. The molecule has 0 aliphatic rings. The predicted molar refractivity (Wildman–Crippen MR) is 74.4 cm³/mol. The third-order valence-electron chi connectivity index (χ3n) is 2.27. The molecule has 1 aromatic rings. The van der Waals surface area contributed by atoms with E-state index in [9.17, 15) is 0 Å². The van der Waals surface area contributed by atoms with E-state index in [0.29, 0.717) is 0 Å². The maximum Gasteiger partial charge on any atom is 0.0407 e. The van der Waals surface area contributed by atoms with Gasteiger partial charge in [0.2, 0.25) is 0 Å². The lowest BCUT2D eigenvalue weighted by Crippen LogP contribution is -2.15. The first-order chi connectivity index (χ1) is 7.50. The fraction of sp³-hybridized carbons (Fsp3) is 0.385. The minimum atomic E-state index is 0.948. The van der Waals surface area contributed by atoms with Gasteiger partial charge in [-0.2, -0.15) is 0 Å². The summed E-state index contributed by atoms with van der Waals surface area (Å²) in [5, 5.41) is 0. The Morgan fingerprint density at radius 1 is 1.12 bits per heavy atom. The van der Waals surface area contributed by atoms with Crippen LogP contribution in [0.5, 0.6) is 0 Å². The molecule has 0 fully saturated rings. The average Bonchev–Trinajstić information content (AvgIpc) is 2.20. The zero-order valence-corrected chi connectivity index (χ0v) is 12.0. The standard InChI is InChI=1S/C13H19BrN2/c1-15(2)10-9-13(16(3)4)11-5-7-12(14)8-6-11/h5-9H,10H2,1-4H3/b13-9-. The molecule has 0 saturated carbocycles. The van der Waals surface area contributed by atoms with Gasteiger partial charge in [-0.3, -0.25) is 0 Å². The fourth-order valence-electron chi connectivity index (χ4n) is 1.45. The second-order valence-corrected chi connectivity index (χ2v) is 5.17. The smallest absolute Gasteiger partial charge is 0.0407 e. The van der Waals surface area contributed by atoms with Crippen molar-refractivity contribution in [2.24, 2.45) is 0 Å². The first kappa shape index (κ1) is 13.3. The molecule has 0 aromatic heterocycles. The molecule has 16 heavy (non-hydrogen) atoms. The van der Waals surface area contributed by atoms with Crippen LogP contribution in [-0.4, -0.2) is 44.5 Å². The molecule has 0 radical (unpaired) electrons. The summed E-state index contributed by atoms with van der Waals surface area (Å²) in [6.07, 6.45) is 2.24. The van der Waals surface area contributed by atoms with Crippen molar-refractivity contribution < 1.29 is 0 Å². The second kappa shape index (κ2) is 6.06. The van der Waals surface area contributed by atoms with Gasteiger partial charge in [-0.05, 0) is 37.9 Å². The van der Waals surface area contributed by atoms with E-state index in [1.54, 1.807) is 0 Å². The summed E-state index contributed by atoms with van der Waals surface area (Å²) in [6, 6.07) is 8.40. The Balaban J connectivity index is 2.94. The summed E-state index contributed by atoms with van der Waals surface area (Å²) in [7, 11) is 8.30. The van der Waals surface area contributed by atoms with Gasteiger partial charge in [0.15, 0.2) is 0 Å². The Morgan fingerprint density at radius 3 is 2.12 bits per heavy atom. The van der Waals surface area contributed by atoms with Crippen molar-refractivity contribution in [2.75, 3.05) is 34.7 Å². The van der Waals surface area contributed by atoms with Crippen molar-refractivity contribution in [3.05, 3.63) is 40.4 Å². The molecule has 0 bridgehead atoms. The van der Waals surface area contributed by atoms with Crippen LogP contribution in [0.25, 0.3) is 5.70 Å². The molecule has 0 spiro atoms. The molecule has 0 aliphatic carbocycles. The topological polar surface area (TPSA) is 6.48 Å². The van der Waals surface area contributed by atoms with Crippen LogP contribution < -0.4 is 0 Å². The Labute approximate surface area is 107 Å². The van der Waals surface area contributed by atoms with E-state index in [4.69, 9.17) is 0 Å². The maximum absolute atomic E-state index is 3.45. The van der Waals surface area contributed by atoms with Crippen LogP contribution in [0, 0.1) is 0 Å². The summed E-state index contributed by atoms with van der Waals surface area (Å²) in [6.45, 7) is 0.948. The highest BCUT2D eigenvalue weighted by molar-refractivity contribution is 9.10. The van der Waals surface area contributed by atoms with Gasteiger partial charge in [-0.15, -0.1) is 0 Å². The molecule has 1 aromatic carbocycles. The lowest BCUT2D eigenvalue weighted by molar-refractivity contribution is 0.453. The molecule has 3 heteroatoms. The monoisotopic (exact) mass is 282 g/mol. The molecule has 1 rings (SSSR count). The molecular formula is C13H19BrN2. The predicted octanol–water partition coefficient (Wildman–Crippen LogP) is 2.91. The van der Waals surface area contributed by atoms with E-state index in [-0.39, 0.29) is 0 Å². The number of rotatable bonds is 4. The number of hydrogen-bond donors (Lipinski definition) is 0. The quantitative estimate of drug-likeness (QED) is 0.838. The van der Waals surface area contributed by atoms with Gasteiger partial charge in [0.05, 0.1) is 0 Å². The minimum absolute atomic E-state index is 0.948. The SMILES string of the molecule is CN(C)C/C=C(/c1ccc(Br)cc1)N(C)C. The fourth-order valence-corrected chi connectivity index (χ4v) is 1.71. The molecule has 0 atom stereocenters. The molecule has 0 unspecified atom stereocenters. The summed E-state index contributed by atoms with van der Waals surface area (Å²) in [5.74, 6) is 0. The van der Waals surface area contributed by atoms with Gasteiger partial charge in [0.1, 0.15) is 0 Å². The molecule has 0 amide bonds. The van der Waals surface area contributed by atoms with Gasteiger partial charge < -0.3 is 9.80 Å². The normalized spacial score (nSPS) is 12.0. The van der Waals surface area contributed by atoms with Crippen LogP contribution in [-0.2, 0) is 0 Å². The number of likely N-dealkylation sites (N-methyl/N-ethyl adjacent to an activating group) is 1. The highest BCUT2D eigenvalue weighted by atomic mass is 79.9. The Kier molecular flexibility index (Phi) is 5.03. The number of hydrogen-bond acceptors (Lipinski definition) is 2. The Hall–Kier alpha value is -0.800. The van der Waals surface area contributed by atoms with E-state index >= 15 is 0 Å². The number of benzene rings is 1.